The van der Waals surface area contributed by atoms with Crippen molar-refractivity contribution in [2.45, 2.75) is 25.7 Å². The highest BCUT2D eigenvalue weighted by atomic mass is 32.2. The zero-order valence-corrected chi connectivity index (χ0v) is 16.0. The van der Waals surface area contributed by atoms with Gasteiger partial charge in [0.2, 0.25) is 0 Å². The second-order valence-corrected chi connectivity index (χ2v) is 9.66. The van der Waals surface area contributed by atoms with Crippen LogP contribution < -0.4 is 5.32 Å². The molecule has 2 heterocycles. The predicted molar refractivity (Wildman–Crippen MR) is 103 cm³/mol. The van der Waals surface area contributed by atoms with Crippen molar-refractivity contribution in [1.82, 2.24) is 10.2 Å². The first-order chi connectivity index (χ1) is 12.0. The second-order valence-electron chi connectivity index (χ2n) is 7.43. The van der Waals surface area contributed by atoms with Gasteiger partial charge in [0.15, 0.2) is 15.8 Å². The zero-order chi connectivity index (χ0) is 17.9. The summed E-state index contributed by atoms with van der Waals surface area (Å²) >= 11 is 0. The van der Waals surface area contributed by atoms with E-state index in [1.165, 1.54) is 5.56 Å². The first-order valence-electron chi connectivity index (χ1n) is 9.19. The number of hydrogen-bond acceptors (Lipinski definition) is 3. The Kier molecular flexibility index (Phi) is 5.67. The molecule has 2 aliphatic heterocycles. The third-order valence-corrected chi connectivity index (χ3v) is 7.36. The molecule has 6 heteroatoms. The first-order valence-corrected chi connectivity index (χ1v) is 11.0. The molecule has 3 rings (SSSR count). The lowest BCUT2D eigenvalue weighted by Gasteiger charge is -2.39. The molecule has 0 bridgehead atoms. The number of likely N-dealkylation sites (tertiary alicyclic amines) is 1. The molecular weight excluding hydrogens is 334 g/mol. The molecule has 0 radical (unpaired) electrons. The van der Waals surface area contributed by atoms with Crippen LogP contribution in [0.1, 0.15) is 31.2 Å². The second kappa shape index (κ2) is 7.77. The minimum atomic E-state index is -2.82. The van der Waals surface area contributed by atoms with Crippen LogP contribution in [-0.2, 0) is 9.84 Å². The summed E-state index contributed by atoms with van der Waals surface area (Å²) in [6.45, 7) is 4.95. The molecule has 1 N–H and O–H groups in total. The molecule has 0 spiro atoms. The van der Waals surface area contributed by atoms with Crippen LogP contribution in [0.5, 0.6) is 0 Å². The van der Waals surface area contributed by atoms with E-state index in [2.05, 4.69) is 52.5 Å². The van der Waals surface area contributed by atoms with Crippen LogP contribution in [0.15, 0.2) is 35.3 Å². The summed E-state index contributed by atoms with van der Waals surface area (Å²) < 4.78 is 23.2. The van der Waals surface area contributed by atoms with Gasteiger partial charge < -0.3 is 10.2 Å². The van der Waals surface area contributed by atoms with Gasteiger partial charge in [0.25, 0.3) is 0 Å². The molecular formula is C19H29N3O2S. The van der Waals surface area contributed by atoms with Crippen LogP contribution >= 0.6 is 0 Å². The van der Waals surface area contributed by atoms with Gasteiger partial charge in [-0.25, -0.2) is 8.42 Å². The van der Waals surface area contributed by atoms with E-state index < -0.39 is 9.84 Å². The van der Waals surface area contributed by atoms with Crippen LogP contribution in [-0.4, -0.2) is 57.5 Å². The number of sulfone groups is 1. The van der Waals surface area contributed by atoms with Crippen LogP contribution in [0.3, 0.4) is 0 Å². The SMILES string of the molecule is CN=C(NCC1CCS(=O)(=O)C1)N1CCC(c2ccccc2)C(C)C1. The van der Waals surface area contributed by atoms with E-state index in [9.17, 15) is 8.42 Å². The molecule has 5 nitrogen and oxygen atoms in total. The summed E-state index contributed by atoms with van der Waals surface area (Å²) in [4.78, 5) is 6.74. The fourth-order valence-corrected chi connectivity index (χ4v) is 6.00. The lowest BCUT2D eigenvalue weighted by molar-refractivity contribution is 0.234. The molecule has 0 aliphatic carbocycles. The lowest BCUT2D eigenvalue weighted by atomic mass is 9.82. The Morgan fingerprint density at radius 3 is 2.64 bits per heavy atom. The number of hydrogen-bond donors (Lipinski definition) is 1. The Balaban J connectivity index is 1.55. The molecule has 2 aliphatic rings. The molecule has 2 fully saturated rings. The Bertz CT molecular complexity index is 703. The monoisotopic (exact) mass is 363 g/mol. The fraction of sp³-hybridized carbons (Fsp3) is 0.632. The van der Waals surface area contributed by atoms with Crippen molar-refractivity contribution in [3.05, 3.63) is 35.9 Å². The van der Waals surface area contributed by atoms with E-state index in [0.29, 0.717) is 29.9 Å². The third kappa shape index (κ3) is 4.54. The van der Waals surface area contributed by atoms with Gasteiger partial charge in [0.1, 0.15) is 0 Å². The molecule has 0 amide bonds. The maximum Gasteiger partial charge on any atom is 0.193 e. The summed E-state index contributed by atoms with van der Waals surface area (Å²) in [7, 11) is -1.01. The van der Waals surface area contributed by atoms with Crippen molar-refractivity contribution >= 4 is 15.8 Å². The number of piperidine rings is 1. The molecule has 138 valence electrons. The maximum atomic E-state index is 11.6. The van der Waals surface area contributed by atoms with Crippen molar-refractivity contribution in [3.63, 3.8) is 0 Å². The Morgan fingerprint density at radius 1 is 1.28 bits per heavy atom. The standard InChI is InChI=1S/C19H29N3O2S/c1-15-13-22(10-8-18(15)17-6-4-3-5-7-17)19(20-2)21-12-16-9-11-25(23,24)14-16/h3-7,15-16,18H,8-14H2,1-2H3,(H,20,21). The van der Waals surface area contributed by atoms with Crippen LogP contribution in [0.2, 0.25) is 0 Å². The minimum absolute atomic E-state index is 0.209. The Labute approximate surface area is 151 Å². The van der Waals surface area contributed by atoms with Gasteiger partial charge in [-0.2, -0.15) is 0 Å². The Morgan fingerprint density at radius 2 is 2.04 bits per heavy atom. The lowest BCUT2D eigenvalue weighted by Crippen LogP contribution is -2.49. The van der Waals surface area contributed by atoms with Gasteiger partial charge in [-0.3, -0.25) is 4.99 Å². The predicted octanol–water partition coefficient (Wildman–Crippen LogP) is 2.12. The maximum absolute atomic E-state index is 11.6. The molecule has 0 saturated carbocycles. The molecule has 3 atom stereocenters. The normalized spacial score (nSPS) is 29.6. The van der Waals surface area contributed by atoms with Crippen molar-refractivity contribution in [1.29, 1.82) is 0 Å². The topological polar surface area (TPSA) is 61.8 Å². The molecule has 25 heavy (non-hydrogen) atoms. The average Bonchev–Trinajstić information content (AvgIpc) is 2.95. The summed E-state index contributed by atoms with van der Waals surface area (Å²) in [5.74, 6) is 2.90. The highest BCUT2D eigenvalue weighted by Gasteiger charge is 2.30. The zero-order valence-electron chi connectivity index (χ0n) is 15.2. The van der Waals surface area contributed by atoms with E-state index >= 15 is 0 Å². The number of nitrogens with zero attached hydrogens (tertiary/aromatic N) is 2. The van der Waals surface area contributed by atoms with E-state index in [1.54, 1.807) is 0 Å². The van der Waals surface area contributed by atoms with Crippen LogP contribution in [0, 0.1) is 11.8 Å². The number of guanidine groups is 1. The van der Waals surface area contributed by atoms with Gasteiger partial charge in [0, 0.05) is 26.7 Å². The molecule has 1 aromatic rings. The number of nitrogens with one attached hydrogen (secondary N) is 1. The Hall–Kier alpha value is -1.56. The first kappa shape index (κ1) is 18.2. The number of aliphatic imine (C=N–C) groups is 1. The van der Waals surface area contributed by atoms with E-state index in [4.69, 9.17) is 0 Å². The fourth-order valence-electron chi connectivity index (χ4n) is 4.13. The summed E-state index contributed by atoms with van der Waals surface area (Å²) in [6, 6.07) is 10.8. The molecule has 2 saturated heterocycles. The van der Waals surface area contributed by atoms with Crippen LogP contribution in [0.4, 0.5) is 0 Å². The largest absolute Gasteiger partial charge is 0.356 e. The van der Waals surface area contributed by atoms with Crippen molar-refractivity contribution in [2.75, 3.05) is 38.2 Å². The van der Waals surface area contributed by atoms with Crippen molar-refractivity contribution in [3.8, 4) is 0 Å². The van der Waals surface area contributed by atoms with Crippen LogP contribution in [0.25, 0.3) is 0 Å². The summed E-state index contributed by atoms with van der Waals surface area (Å²) in [5.41, 5.74) is 1.42. The molecule has 1 aromatic carbocycles. The smallest absolute Gasteiger partial charge is 0.193 e. The summed E-state index contributed by atoms with van der Waals surface area (Å²) in [6.07, 6.45) is 1.88. The number of rotatable bonds is 3. The van der Waals surface area contributed by atoms with E-state index in [0.717, 1.165) is 31.9 Å². The highest BCUT2D eigenvalue weighted by molar-refractivity contribution is 7.91. The van der Waals surface area contributed by atoms with Crippen molar-refractivity contribution in [2.24, 2.45) is 16.8 Å². The third-order valence-electron chi connectivity index (χ3n) is 5.52. The summed E-state index contributed by atoms with van der Waals surface area (Å²) in [5, 5.41) is 3.41. The van der Waals surface area contributed by atoms with Gasteiger partial charge in [-0.1, -0.05) is 37.3 Å². The quantitative estimate of drug-likeness (QED) is 0.660. The average molecular weight is 364 g/mol. The van der Waals surface area contributed by atoms with Gasteiger partial charge in [-0.15, -0.1) is 0 Å². The minimum Gasteiger partial charge on any atom is -0.356 e. The van der Waals surface area contributed by atoms with Gasteiger partial charge in [0.05, 0.1) is 11.5 Å². The van der Waals surface area contributed by atoms with Gasteiger partial charge >= 0.3 is 0 Å². The molecule has 3 unspecified atom stereocenters. The van der Waals surface area contributed by atoms with Crippen molar-refractivity contribution < 1.29 is 8.42 Å². The van der Waals surface area contributed by atoms with Gasteiger partial charge in [-0.05, 0) is 36.2 Å². The van der Waals surface area contributed by atoms with E-state index in [-0.39, 0.29) is 5.92 Å². The molecule has 0 aromatic heterocycles. The number of benzene rings is 1. The highest BCUT2D eigenvalue weighted by Crippen LogP contribution is 2.32. The van der Waals surface area contributed by atoms with E-state index in [1.807, 2.05) is 7.05 Å².